The van der Waals surface area contributed by atoms with E-state index in [0.29, 0.717) is 17.2 Å². The number of nitrogens with one attached hydrogen (secondary N) is 1. The fourth-order valence-electron chi connectivity index (χ4n) is 1.88. The molecule has 19 heavy (non-hydrogen) atoms. The predicted octanol–water partition coefficient (Wildman–Crippen LogP) is 3.17. The summed E-state index contributed by atoms with van der Waals surface area (Å²) in [6.45, 7) is 1.34. The fourth-order valence-corrected chi connectivity index (χ4v) is 1.88. The van der Waals surface area contributed by atoms with E-state index in [2.05, 4.69) is 5.32 Å². The van der Waals surface area contributed by atoms with Gasteiger partial charge in [-0.15, -0.1) is 0 Å². The lowest BCUT2D eigenvalue weighted by Gasteiger charge is -2.22. The first kappa shape index (κ1) is 11.4. The van der Waals surface area contributed by atoms with Crippen molar-refractivity contribution in [1.82, 2.24) is 0 Å². The van der Waals surface area contributed by atoms with Gasteiger partial charge in [-0.3, -0.25) is 4.79 Å². The van der Waals surface area contributed by atoms with Crippen LogP contribution in [0.15, 0.2) is 36.4 Å². The van der Waals surface area contributed by atoms with Crippen LogP contribution in [-0.2, 0) is 4.79 Å². The molecule has 0 spiro atoms. The number of fused-ring (bicyclic) bond motifs is 2. The number of hydrogen-bond acceptors (Lipinski definition) is 5. The van der Waals surface area contributed by atoms with Gasteiger partial charge < -0.3 is 19.9 Å². The van der Waals surface area contributed by atoms with E-state index in [1.807, 2.05) is 0 Å². The smallest absolute Gasteiger partial charge is 0.308 e. The van der Waals surface area contributed by atoms with Gasteiger partial charge in [0.15, 0.2) is 11.5 Å². The molecular weight excluding hydrogens is 246 g/mol. The van der Waals surface area contributed by atoms with Crippen LogP contribution in [0.2, 0.25) is 0 Å². The van der Waals surface area contributed by atoms with Crippen LogP contribution in [0.25, 0.3) is 0 Å². The van der Waals surface area contributed by atoms with Crippen molar-refractivity contribution in [2.75, 3.05) is 5.32 Å². The minimum Gasteiger partial charge on any atom is -0.508 e. The maximum atomic E-state index is 10.9. The van der Waals surface area contributed by atoms with Crippen LogP contribution in [0.4, 0.5) is 11.4 Å². The Labute approximate surface area is 109 Å². The molecule has 1 heterocycles. The Morgan fingerprint density at radius 1 is 1.16 bits per heavy atom. The van der Waals surface area contributed by atoms with Gasteiger partial charge in [-0.2, -0.15) is 0 Å². The summed E-state index contributed by atoms with van der Waals surface area (Å²) in [6.07, 6.45) is 0. The zero-order valence-electron chi connectivity index (χ0n) is 10.1. The van der Waals surface area contributed by atoms with Crippen LogP contribution < -0.4 is 14.8 Å². The van der Waals surface area contributed by atoms with Gasteiger partial charge in [-0.25, -0.2) is 0 Å². The Kier molecular flexibility index (Phi) is 2.52. The molecule has 0 aromatic heterocycles. The molecule has 0 atom stereocenters. The number of anilines is 2. The number of hydrogen-bond donors (Lipinski definition) is 2. The highest BCUT2D eigenvalue weighted by atomic mass is 16.5. The first-order chi connectivity index (χ1) is 9.11. The lowest BCUT2D eigenvalue weighted by atomic mass is 10.2. The second kappa shape index (κ2) is 4.20. The number of phenolic OH excluding ortho intramolecular Hbond substituents is 1. The number of carbonyl (C=O) groups is 1. The molecule has 0 saturated heterocycles. The van der Waals surface area contributed by atoms with Crippen LogP contribution in [-0.4, -0.2) is 11.1 Å². The third-order valence-corrected chi connectivity index (χ3v) is 2.67. The molecule has 0 aliphatic carbocycles. The number of ether oxygens (including phenoxy) is 2. The second-order valence-electron chi connectivity index (χ2n) is 4.16. The van der Waals surface area contributed by atoms with Crippen molar-refractivity contribution in [3.63, 3.8) is 0 Å². The van der Waals surface area contributed by atoms with E-state index >= 15 is 0 Å². The van der Waals surface area contributed by atoms with E-state index in [1.54, 1.807) is 30.3 Å². The molecule has 2 aromatic carbocycles. The highest BCUT2D eigenvalue weighted by Gasteiger charge is 2.17. The molecule has 0 saturated carbocycles. The topological polar surface area (TPSA) is 67.8 Å². The van der Waals surface area contributed by atoms with Crippen LogP contribution in [0.3, 0.4) is 0 Å². The van der Waals surface area contributed by atoms with Crippen molar-refractivity contribution in [2.24, 2.45) is 0 Å². The standard InChI is InChI=1S/C14H11NO4/c1-8(16)18-10-3-5-12-14(7-10)19-13-6-9(17)2-4-11(13)15-12/h2-7,15,17H,1H3. The highest BCUT2D eigenvalue weighted by Crippen LogP contribution is 2.44. The van der Waals surface area contributed by atoms with Gasteiger partial charge in [0, 0.05) is 19.1 Å². The number of rotatable bonds is 1. The maximum absolute atomic E-state index is 10.9. The molecule has 2 aromatic rings. The summed E-state index contributed by atoms with van der Waals surface area (Å²) in [6, 6.07) is 9.90. The van der Waals surface area contributed by atoms with Gasteiger partial charge in [0.05, 0.1) is 11.4 Å². The Morgan fingerprint density at radius 3 is 2.58 bits per heavy atom. The van der Waals surface area contributed by atoms with Gasteiger partial charge in [-0.05, 0) is 24.3 Å². The molecule has 5 nitrogen and oxygen atoms in total. The normalized spacial score (nSPS) is 11.6. The summed E-state index contributed by atoms with van der Waals surface area (Å²) in [5, 5.41) is 12.6. The molecule has 0 bridgehead atoms. The Bertz CT molecular complexity index is 666. The first-order valence-electron chi connectivity index (χ1n) is 5.72. The molecule has 3 rings (SSSR count). The lowest BCUT2D eigenvalue weighted by Crippen LogP contribution is -2.05. The molecule has 1 aliphatic rings. The van der Waals surface area contributed by atoms with Crippen molar-refractivity contribution >= 4 is 17.3 Å². The zero-order valence-corrected chi connectivity index (χ0v) is 10.1. The van der Waals surface area contributed by atoms with E-state index < -0.39 is 0 Å². The van der Waals surface area contributed by atoms with E-state index in [9.17, 15) is 9.90 Å². The summed E-state index contributed by atoms with van der Waals surface area (Å²) in [7, 11) is 0. The summed E-state index contributed by atoms with van der Waals surface area (Å²) in [5.74, 6) is 1.21. The van der Waals surface area contributed by atoms with Crippen LogP contribution >= 0.6 is 0 Å². The molecule has 5 heteroatoms. The Balaban J connectivity index is 1.96. The van der Waals surface area contributed by atoms with Gasteiger partial charge in [0.2, 0.25) is 0 Å². The predicted molar refractivity (Wildman–Crippen MR) is 69.2 cm³/mol. The average Bonchev–Trinajstić information content (AvgIpc) is 2.35. The van der Waals surface area contributed by atoms with E-state index in [4.69, 9.17) is 9.47 Å². The fraction of sp³-hybridized carbons (Fsp3) is 0.0714. The Hall–Kier alpha value is -2.69. The quantitative estimate of drug-likeness (QED) is 0.398. The molecule has 2 N–H and O–H groups in total. The van der Waals surface area contributed by atoms with Crippen molar-refractivity contribution in [3.05, 3.63) is 36.4 Å². The molecule has 0 unspecified atom stereocenters. The zero-order chi connectivity index (χ0) is 13.4. The molecule has 96 valence electrons. The number of aromatic hydroxyl groups is 1. The van der Waals surface area contributed by atoms with Crippen molar-refractivity contribution < 1.29 is 19.4 Å². The van der Waals surface area contributed by atoms with Crippen LogP contribution in [0.5, 0.6) is 23.0 Å². The summed E-state index contributed by atoms with van der Waals surface area (Å²) in [4.78, 5) is 10.9. The van der Waals surface area contributed by atoms with Gasteiger partial charge >= 0.3 is 5.97 Å². The molecule has 0 radical (unpaired) electrons. The van der Waals surface area contributed by atoms with Crippen LogP contribution in [0, 0.1) is 0 Å². The number of phenols is 1. The van der Waals surface area contributed by atoms with Gasteiger partial charge in [0.1, 0.15) is 11.5 Å². The minimum absolute atomic E-state index is 0.125. The maximum Gasteiger partial charge on any atom is 0.308 e. The summed E-state index contributed by atoms with van der Waals surface area (Å²) >= 11 is 0. The van der Waals surface area contributed by atoms with E-state index in [1.165, 1.54) is 13.0 Å². The second-order valence-corrected chi connectivity index (χ2v) is 4.16. The van der Waals surface area contributed by atoms with Crippen molar-refractivity contribution in [2.45, 2.75) is 6.92 Å². The largest absolute Gasteiger partial charge is 0.508 e. The SMILES string of the molecule is CC(=O)Oc1ccc2c(c1)Oc1cc(O)ccc1N2. The number of carbonyl (C=O) groups excluding carboxylic acids is 1. The molecular formula is C14H11NO4. The summed E-state index contributed by atoms with van der Waals surface area (Å²) < 4.78 is 10.7. The third-order valence-electron chi connectivity index (χ3n) is 2.67. The minimum atomic E-state index is -0.387. The summed E-state index contributed by atoms with van der Waals surface area (Å²) in [5.41, 5.74) is 1.54. The highest BCUT2D eigenvalue weighted by molar-refractivity contribution is 5.77. The van der Waals surface area contributed by atoms with Crippen molar-refractivity contribution in [1.29, 1.82) is 0 Å². The molecule has 0 fully saturated rings. The van der Waals surface area contributed by atoms with Crippen LogP contribution in [0.1, 0.15) is 6.92 Å². The van der Waals surface area contributed by atoms with E-state index in [0.717, 1.165) is 11.4 Å². The Morgan fingerprint density at radius 2 is 1.84 bits per heavy atom. The average molecular weight is 257 g/mol. The number of benzene rings is 2. The van der Waals surface area contributed by atoms with E-state index in [-0.39, 0.29) is 11.7 Å². The van der Waals surface area contributed by atoms with Gasteiger partial charge in [-0.1, -0.05) is 0 Å². The van der Waals surface area contributed by atoms with Crippen molar-refractivity contribution in [3.8, 4) is 23.0 Å². The molecule has 1 aliphatic heterocycles. The number of esters is 1. The molecule has 0 amide bonds. The van der Waals surface area contributed by atoms with Gasteiger partial charge in [0.25, 0.3) is 0 Å². The monoisotopic (exact) mass is 257 g/mol. The first-order valence-corrected chi connectivity index (χ1v) is 5.72. The lowest BCUT2D eigenvalue weighted by molar-refractivity contribution is -0.131. The third kappa shape index (κ3) is 2.18.